The highest BCUT2D eigenvalue weighted by molar-refractivity contribution is 7.19. The van der Waals surface area contributed by atoms with Crippen LogP contribution >= 0.6 is 0 Å². The zero-order valence-electron chi connectivity index (χ0n) is 33.0. The lowest BCUT2D eigenvalue weighted by molar-refractivity contribution is 0.649. The highest BCUT2D eigenvalue weighted by atomic mass is 28.3. The van der Waals surface area contributed by atoms with Gasteiger partial charge in [0, 0.05) is 22.4 Å². The Hall–Kier alpha value is -7.00. The standard InChI is InChI=1S/C57H43NSi/c1-40-49-35-33-42(37-53(49)50-29-14-15-31-52(50)57(40)41-19-6-2-7-20-41)43-34-36-56-54(38-43)51-30-16-17-32-55(51)58(56)44-21-18-28-48(39-44)59(45-22-8-3-9-23-45,46-24-10-4-11-25-46)47-26-12-5-13-27-47/h2-40,57H,1H3. The predicted octanol–water partition coefficient (Wildman–Crippen LogP) is 11.7. The van der Waals surface area contributed by atoms with Crippen molar-refractivity contribution in [3.8, 4) is 27.9 Å². The summed E-state index contributed by atoms with van der Waals surface area (Å²) in [6.07, 6.45) is 0. The average Bonchev–Trinajstić information content (AvgIpc) is 3.64. The third-order valence-electron chi connectivity index (χ3n) is 13.0. The molecule has 0 fully saturated rings. The molecule has 0 spiro atoms. The molecule has 0 radical (unpaired) electrons. The first-order valence-corrected chi connectivity index (χ1v) is 22.8. The van der Waals surface area contributed by atoms with Crippen LogP contribution in [0.3, 0.4) is 0 Å². The molecule has 11 rings (SSSR count). The van der Waals surface area contributed by atoms with E-state index in [0.717, 1.165) is 0 Å². The van der Waals surface area contributed by atoms with Crippen molar-refractivity contribution in [3.05, 3.63) is 247 Å². The molecule has 1 heterocycles. The van der Waals surface area contributed by atoms with Gasteiger partial charge in [-0.2, -0.15) is 0 Å². The lowest BCUT2D eigenvalue weighted by Crippen LogP contribution is -2.74. The molecule has 2 unspecified atom stereocenters. The molecule has 0 saturated heterocycles. The number of aromatic nitrogens is 1. The molecule has 280 valence electrons. The first-order valence-electron chi connectivity index (χ1n) is 20.8. The first kappa shape index (κ1) is 35.2. The maximum Gasteiger partial charge on any atom is 0.179 e. The average molecular weight is 770 g/mol. The van der Waals surface area contributed by atoms with Crippen molar-refractivity contribution in [2.45, 2.75) is 18.8 Å². The summed E-state index contributed by atoms with van der Waals surface area (Å²) >= 11 is 0. The molecule has 1 aromatic heterocycles. The number of hydrogen-bond acceptors (Lipinski definition) is 0. The maximum atomic E-state index is 2.48. The van der Waals surface area contributed by atoms with Crippen LogP contribution < -0.4 is 20.7 Å². The summed E-state index contributed by atoms with van der Waals surface area (Å²) in [6, 6.07) is 86.2. The Kier molecular flexibility index (Phi) is 8.60. The van der Waals surface area contributed by atoms with Gasteiger partial charge in [0.25, 0.3) is 0 Å². The Morgan fingerprint density at radius 2 is 0.915 bits per heavy atom. The van der Waals surface area contributed by atoms with Crippen molar-refractivity contribution in [1.29, 1.82) is 0 Å². The van der Waals surface area contributed by atoms with Crippen LogP contribution in [0.4, 0.5) is 0 Å². The number of benzene rings is 9. The zero-order valence-corrected chi connectivity index (χ0v) is 34.0. The second-order valence-electron chi connectivity index (χ2n) is 16.0. The minimum absolute atomic E-state index is 0.327. The summed E-state index contributed by atoms with van der Waals surface area (Å²) in [6.45, 7) is 2.40. The second-order valence-corrected chi connectivity index (χ2v) is 19.9. The first-order chi connectivity index (χ1) is 29.2. The van der Waals surface area contributed by atoms with Gasteiger partial charge in [-0.3, -0.25) is 0 Å². The number of nitrogens with zero attached hydrogens (tertiary/aromatic N) is 1. The molecule has 0 N–H and O–H groups in total. The van der Waals surface area contributed by atoms with E-state index in [1.54, 1.807) is 0 Å². The van der Waals surface area contributed by atoms with Gasteiger partial charge in [-0.15, -0.1) is 0 Å². The van der Waals surface area contributed by atoms with Gasteiger partial charge < -0.3 is 4.57 Å². The largest absolute Gasteiger partial charge is 0.309 e. The molecule has 2 atom stereocenters. The van der Waals surface area contributed by atoms with Crippen LogP contribution in [0.25, 0.3) is 49.7 Å². The summed E-state index contributed by atoms with van der Waals surface area (Å²) < 4.78 is 2.48. The number of hydrogen-bond donors (Lipinski definition) is 0. The van der Waals surface area contributed by atoms with Crippen LogP contribution in [0.1, 0.15) is 35.4 Å². The van der Waals surface area contributed by atoms with E-state index in [1.165, 1.54) is 87.2 Å². The van der Waals surface area contributed by atoms with E-state index >= 15 is 0 Å². The van der Waals surface area contributed by atoms with Gasteiger partial charge >= 0.3 is 0 Å². The van der Waals surface area contributed by atoms with Gasteiger partial charge in [0.2, 0.25) is 0 Å². The van der Waals surface area contributed by atoms with Crippen molar-refractivity contribution >= 4 is 50.6 Å². The molecule has 2 heteroatoms. The summed E-state index contributed by atoms with van der Waals surface area (Å²) in [4.78, 5) is 0. The van der Waals surface area contributed by atoms with Crippen LogP contribution in [-0.4, -0.2) is 12.6 Å². The lowest BCUT2D eigenvalue weighted by atomic mass is 9.69. The van der Waals surface area contributed by atoms with Crippen molar-refractivity contribution in [3.63, 3.8) is 0 Å². The van der Waals surface area contributed by atoms with Gasteiger partial charge in [0.1, 0.15) is 0 Å². The van der Waals surface area contributed by atoms with Crippen LogP contribution in [-0.2, 0) is 0 Å². The van der Waals surface area contributed by atoms with E-state index in [1.807, 2.05) is 0 Å². The molecule has 10 aromatic rings. The normalized spacial score (nSPS) is 14.9. The summed E-state index contributed by atoms with van der Waals surface area (Å²) in [5.41, 5.74) is 13.0. The Balaban J connectivity index is 1.07. The Bertz CT molecular complexity index is 3020. The fourth-order valence-corrected chi connectivity index (χ4v) is 15.1. The minimum Gasteiger partial charge on any atom is -0.309 e. The van der Waals surface area contributed by atoms with Crippen molar-refractivity contribution in [2.75, 3.05) is 0 Å². The quantitative estimate of drug-likeness (QED) is 0.112. The predicted molar refractivity (Wildman–Crippen MR) is 252 cm³/mol. The number of para-hydroxylation sites is 1. The maximum absolute atomic E-state index is 2.71. The van der Waals surface area contributed by atoms with E-state index in [0.29, 0.717) is 11.8 Å². The fraction of sp³-hybridized carbons (Fsp3) is 0.0526. The summed E-state index contributed by atoms with van der Waals surface area (Å²) in [5.74, 6) is 0.688. The molecule has 1 nitrogen and oxygen atoms in total. The molecule has 0 amide bonds. The fourth-order valence-electron chi connectivity index (χ4n) is 10.3. The summed E-state index contributed by atoms with van der Waals surface area (Å²) in [7, 11) is -2.71. The van der Waals surface area contributed by atoms with E-state index in [9.17, 15) is 0 Å². The van der Waals surface area contributed by atoms with E-state index < -0.39 is 8.07 Å². The monoisotopic (exact) mass is 769 g/mol. The van der Waals surface area contributed by atoms with Crippen LogP contribution in [0.15, 0.2) is 231 Å². The Labute approximate surface area is 347 Å². The lowest BCUT2D eigenvalue weighted by Gasteiger charge is -2.34. The Morgan fingerprint density at radius 3 is 1.61 bits per heavy atom. The van der Waals surface area contributed by atoms with Crippen molar-refractivity contribution in [2.24, 2.45) is 0 Å². The smallest absolute Gasteiger partial charge is 0.179 e. The third kappa shape index (κ3) is 5.67. The van der Waals surface area contributed by atoms with E-state index in [4.69, 9.17) is 0 Å². The van der Waals surface area contributed by atoms with Gasteiger partial charge in [-0.25, -0.2) is 0 Å². The highest BCUT2D eigenvalue weighted by Gasteiger charge is 2.41. The molecule has 0 aliphatic heterocycles. The Morgan fingerprint density at radius 1 is 0.373 bits per heavy atom. The molecule has 59 heavy (non-hydrogen) atoms. The number of rotatable bonds is 7. The van der Waals surface area contributed by atoms with Crippen LogP contribution in [0.5, 0.6) is 0 Å². The topological polar surface area (TPSA) is 4.93 Å². The van der Waals surface area contributed by atoms with Crippen molar-refractivity contribution < 1.29 is 0 Å². The minimum atomic E-state index is -2.71. The SMILES string of the molecule is CC1c2ccc(-c3ccc4c(c3)c3ccccc3n4-c3cccc([Si](c4ccccc4)(c4ccccc4)c4ccccc4)c3)cc2-c2ccccc2C1c1ccccc1. The molecular weight excluding hydrogens is 727 g/mol. The van der Waals surface area contributed by atoms with Crippen molar-refractivity contribution in [1.82, 2.24) is 4.57 Å². The summed E-state index contributed by atoms with van der Waals surface area (Å²) in [5, 5.41) is 8.00. The zero-order chi connectivity index (χ0) is 39.3. The van der Waals surface area contributed by atoms with Crippen LogP contribution in [0.2, 0.25) is 0 Å². The molecule has 1 aliphatic rings. The van der Waals surface area contributed by atoms with Gasteiger partial charge in [-0.1, -0.05) is 201 Å². The van der Waals surface area contributed by atoms with Gasteiger partial charge in [0.05, 0.1) is 11.0 Å². The molecule has 0 saturated carbocycles. The molecule has 9 aromatic carbocycles. The number of fused-ring (bicyclic) bond motifs is 6. The highest BCUT2D eigenvalue weighted by Crippen LogP contribution is 2.50. The van der Waals surface area contributed by atoms with Gasteiger partial charge in [0.15, 0.2) is 8.07 Å². The van der Waals surface area contributed by atoms with Gasteiger partial charge in [-0.05, 0) is 102 Å². The molecule has 1 aliphatic carbocycles. The van der Waals surface area contributed by atoms with Crippen LogP contribution in [0, 0.1) is 0 Å². The van der Waals surface area contributed by atoms with E-state index in [2.05, 4.69) is 242 Å². The second kappa shape index (κ2) is 14.4. The molecular formula is C57H43NSi. The third-order valence-corrected chi connectivity index (χ3v) is 17.7. The van der Waals surface area contributed by atoms with E-state index in [-0.39, 0.29) is 0 Å². The molecule has 0 bridgehead atoms.